The molecule has 0 aliphatic carbocycles. The van der Waals surface area contributed by atoms with Crippen LogP contribution in [0, 0.1) is 5.92 Å². The Morgan fingerprint density at radius 3 is 2.62 bits per heavy atom. The molecule has 1 heterocycles. The SMILES string of the molecule is CC1COc2ccc(C(Br)COCC(F)(F)F)cc2OC1. The van der Waals surface area contributed by atoms with Gasteiger partial charge in [-0.3, -0.25) is 0 Å². The van der Waals surface area contributed by atoms with Gasteiger partial charge in [-0.1, -0.05) is 28.9 Å². The van der Waals surface area contributed by atoms with E-state index in [1.54, 1.807) is 18.2 Å². The van der Waals surface area contributed by atoms with E-state index in [9.17, 15) is 13.2 Å². The minimum absolute atomic E-state index is 0.0739. The monoisotopic (exact) mass is 368 g/mol. The number of hydrogen-bond acceptors (Lipinski definition) is 3. The van der Waals surface area contributed by atoms with Gasteiger partial charge in [0.15, 0.2) is 11.5 Å². The van der Waals surface area contributed by atoms with Crippen LogP contribution in [0.2, 0.25) is 0 Å². The lowest BCUT2D eigenvalue weighted by Crippen LogP contribution is -2.18. The number of rotatable bonds is 4. The van der Waals surface area contributed by atoms with Crippen LogP contribution in [0.15, 0.2) is 18.2 Å². The Morgan fingerprint density at radius 1 is 1.29 bits per heavy atom. The van der Waals surface area contributed by atoms with E-state index >= 15 is 0 Å². The summed E-state index contributed by atoms with van der Waals surface area (Å²) in [6.07, 6.45) is -4.31. The molecular formula is C14H16BrF3O3. The Bertz CT molecular complexity index is 479. The Balaban J connectivity index is 1.98. The average molecular weight is 369 g/mol. The van der Waals surface area contributed by atoms with Crippen LogP contribution < -0.4 is 9.47 Å². The Morgan fingerprint density at radius 2 is 1.95 bits per heavy atom. The van der Waals surface area contributed by atoms with Crippen molar-refractivity contribution in [3.8, 4) is 11.5 Å². The van der Waals surface area contributed by atoms with Gasteiger partial charge in [-0.15, -0.1) is 0 Å². The number of hydrogen-bond donors (Lipinski definition) is 0. The first-order chi connectivity index (χ1) is 9.85. The highest BCUT2D eigenvalue weighted by Gasteiger charge is 2.28. The molecule has 2 unspecified atom stereocenters. The van der Waals surface area contributed by atoms with Crippen LogP contribution in [0.4, 0.5) is 13.2 Å². The van der Waals surface area contributed by atoms with Crippen molar-refractivity contribution in [2.45, 2.75) is 17.9 Å². The maximum atomic E-state index is 12.0. The minimum atomic E-state index is -4.31. The molecule has 0 fully saturated rings. The van der Waals surface area contributed by atoms with Crippen molar-refractivity contribution in [3.63, 3.8) is 0 Å². The second-order valence-corrected chi connectivity index (χ2v) is 6.14. The van der Waals surface area contributed by atoms with Crippen molar-refractivity contribution in [2.24, 2.45) is 5.92 Å². The third kappa shape index (κ3) is 5.07. The molecule has 0 spiro atoms. The fraction of sp³-hybridized carbons (Fsp3) is 0.571. The van der Waals surface area contributed by atoms with Gasteiger partial charge in [0.05, 0.1) is 24.6 Å². The summed E-state index contributed by atoms with van der Waals surface area (Å²) in [4.78, 5) is -0.338. The van der Waals surface area contributed by atoms with Gasteiger partial charge < -0.3 is 14.2 Å². The largest absolute Gasteiger partial charge is 0.489 e. The second kappa shape index (κ2) is 6.87. The van der Waals surface area contributed by atoms with Crippen LogP contribution in [0.1, 0.15) is 17.3 Å². The highest BCUT2D eigenvalue weighted by molar-refractivity contribution is 9.09. The predicted molar refractivity (Wildman–Crippen MR) is 75.1 cm³/mol. The molecule has 0 amide bonds. The maximum absolute atomic E-state index is 12.0. The summed E-state index contributed by atoms with van der Waals surface area (Å²) in [6.45, 7) is 1.82. The first kappa shape index (κ1) is 16.4. The van der Waals surface area contributed by atoms with Gasteiger partial charge in [0, 0.05) is 5.92 Å². The third-order valence-electron chi connectivity index (χ3n) is 2.91. The molecule has 1 aliphatic rings. The molecule has 1 aromatic carbocycles. The zero-order chi connectivity index (χ0) is 15.5. The van der Waals surface area contributed by atoms with E-state index < -0.39 is 12.8 Å². The molecule has 1 aromatic rings. The zero-order valence-electron chi connectivity index (χ0n) is 11.5. The number of alkyl halides is 4. The predicted octanol–water partition coefficient (Wildman–Crippen LogP) is 4.11. The first-order valence-corrected chi connectivity index (χ1v) is 7.45. The Kier molecular flexibility index (Phi) is 5.37. The molecule has 0 saturated heterocycles. The molecule has 118 valence electrons. The van der Waals surface area contributed by atoms with Gasteiger partial charge in [-0.05, 0) is 17.7 Å². The number of halogens is 4. The summed E-state index contributed by atoms with van der Waals surface area (Å²) in [5.74, 6) is 1.55. The van der Waals surface area contributed by atoms with Gasteiger partial charge in [0.1, 0.15) is 6.61 Å². The summed E-state index contributed by atoms with van der Waals surface area (Å²) in [6, 6.07) is 5.32. The van der Waals surface area contributed by atoms with Crippen LogP contribution in [-0.2, 0) is 4.74 Å². The van der Waals surface area contributed by atoms with E-state index in [2.05, 4.69) is 20.7 Å². The molecule has 0 aromatic heterocycles. The standard InChI is InChI=1S/C14H16BrF3O3/c1-9-5-20-12-3-2-10(4-13(12)21-6-9)11(15)7-19-8-14(16,17)18/h2-4,9,11H,5-8H2,1H3. The maximum Gasteiger partial charge on any atom is 0.411 e. The van der Waals surface area contributed by atoms with Crippen LogP contribution in [0.25, 0.3) is 0 Å². The highest BCUT2D eigenvalue weighted by atomic mass is 79.9. The molecule has 7 heteroatoms. The average Bonchev–Trinajstić information content (AvgIpc) is 2.59. The minimum Gasteiger partial charge on any atom is -0.489 e. The van der Waals surface area contributed by atoms with E-state index in [1.165, 1.54) is 0 Å². The Labute approximate surface area is 129 Å². The topological polar surface area (TPSA) is 27.7 Å². The lowest BCUT2D eigenvalue weighted by molar-refractivity contribution is -0.173. The van der Waals surface area contributed by atoms with Crippen molar-refractivity contribution < 1.29 is 27.4 Å². The molecule has 2 atom stereocenters. The van der Waals surface area contributed by atoms with E-state index in [-0.39, 0.29) is 17.4 Å². The van der Waals surface area contributed by atoms with E-state index in [1.807, 2.05) is 6.92 Å². The summed E-state index contributed by atoms with van der Waals surface area (Å²) in [5.41, 5.74) is 0.786. The molecule has 0 saturated carbocycles. The molecule has 0 radical (unpaired) electrons. The molecule has 3 nitrogen and oxygen atoms in total. The molecule has 0 N–H and O–H groups in total. The molecule has 21 heavy (non-hydrogen) atoms. The lowest BCUT2D eigenvalue weighted by Gasteiger charge is -2.14. The van der Waals surface area contributed by atoms with Gasteiger partial charge in [-0.25, -0.2) is 0 Å². The normalized spacial score (nSPS) is 20.0. The first-order valence-electron chi connectivity index (χ1n) is 6.53. The lowest BCUT2D eigenvalue weighted by atomic mass is 10.1. The van der Waals surface area contributed by atoms with Crippen LogP contribution in [0.5, 0.6) is 11.5 Å². The van der Waals surface area contributed by atoms with Crippen LogP contribution >= 0.6 is 15.9 Å². The van der Waals surface area contributed by atoms with Gasteiger partial charge in [0.2, 0.25) is 0 Å². The third-order valence-corrected chi connectivity index (χ3v) is 3.70. The summed E-state index contributed by atoms with van der Waals surface area (Å²) in [7, 11) is 0. The van der Waals surface area contributed by atoms with Gasteiger partial charge in [0.25, 0.3) is 0 Å². The fourth-order valence-electron chi connectivity index (χ4n) is 1.84. The smallest absolute Gasteiger partial charge is 0.411 e. The Hall–Kier alpha value is -0.950. The second-order valence-electron chi connectivity index (χ2n) is 5.03. The molecular weight excluding hydrogens is 353 g/mol. The summed E-state index contributed by atoms with van der Waals surface area (Å²) in [5, 5.41) is 0. The van der Waals surface area contributed by atoms with Crippen LogP contribution in [0.3, 0.4) is 0 Å². The zero-order valence-corrected chi connectivity index (χ0v) is 13.0. The van der Waals surface area contributed by atoms with Gasteiger partial charge in [-0.2, -0.15) is 13.2 Å². The molecule has 2 rings (SSSR count). The van der Waals surface area contributed by atoms with E-state index in [0.29, 0.717) is 24.7 Å². The van der Waals surface area contributed by atoms with Crippen molar-refractivity contribution in [1.82, 2.24) is 0 Å². The van der Waals surface area contributed by atoms with Crippen LogP contribution in [-0.4, -0.2) is 32.6 Å². The van der Waals surface area contributed by atoms with E-state index in [0.717, 1.165) is 5.56 Å². The fourth-order valence-corrected chi connectivity index (χ4v) is 2.31. The van der Waals surface area contributed by atoms with Gasteiger partial charge >= 0.3 is 6.18 Å². The van der Waals surface area contributed by atoms with Crippen molar-refractivity contribution in [3.05, 3.63) is 23.8 Å². The van der Waals surface area contributed by atoms with Crippen molar-refractivity contribution in [2.75, 3.05) is 26.4 Å². The highest BCUT2D eigenvalue weighted by Crippen LogP contribution is 2.35. The molecule has 0 bridgehead atoms. The van der Waals surface area contributed by atoms with Crippen molar-refractivity contribution in [1.29, 1.82) is 0 Å². The number of benzene rings is 1. The van der Waals surface area contributed by atoms with Crippen molar-refractivity contribution >= 4 is 15.9 Å². The summed E-state index contributed by atoms with van der Waals surface area (Å²) < 4.78 is 52.0. The number of fused-ring (bicyclic) bond motifs is 1. The molecule has 1 aliphatic heterocycles. The number of ether oxygens (including phenoxy) is 3. The van der Waals surface area contributed by atoms with E-state index in [4.69, 9.17) is 9.47 Å². The quantitative estimate of drug-likeness (QED) is 0.748. The summed E-state index contributed by atoms with van der Waals surface area (Å²) >= 11 is 3.32.